The van der Waals surface area contributed by atoms with Crippen molar-refractivity contribution in [1.82, 2.24) is 9.78 Å². The smallest absolute Gasteiger partial charge is 0.296 e. The molecule has 0 unspecified atom stereocenters. The van der Waals surface area contributed by atoms with Gasteiger partial charge in [0.15, 0.2) is 5.82 Å². The van der Waals surface area contributed by atoms with Gasteiger partial charge in [-0.25, -0.2) is 4.68 Å². The molecule has 3 aromatic rings. The van der Waals surface area contributed by atoms with Crippen LogP contribution in [0.15, 0.2) is 45.5 Å². The summed E-state index contributed by atoms with van der Waals surface area (Å²) in [6.07, 6.45) is 0.258. The third-order valence-corrected chi connectivity index (χ3v) is 7.02. The van der Waals surface area contributed by atoms with Gasteiger partial charge in [-0.15, -0.1) is 10.2 Å². The van der Waals surface area contributed by atoms with E-state index in [9.17, 15) is 23.0 Å². The van der Waals surface area contributed by atoms with E-state index in [4.69, 9.17) is 23.2 Å². The van der Waals surface area contributed by atoms with Crippen LogP contribution in [0.25, 0.3) is 5.69 Å². The summed E-state index contributed by atoms with van der Waals surface area (Å²) in [5, 5.41) is 24.9. The summed E-state index contributed by atoms with van der Waals surface area (Å²) in [7, 11) is -2.72. The highest BCUT2D eigenvalue weighted by atomic mass is 35.5. The van der Waals surface area contributed by atoms with Gasteiger partial charge >= 0.3 is 0 Å². The normalized spacial score (nSPS) is 11.5. The van der Waals surface area contributed by atoms with Gasteiger partial charge in [0.25, 0.3) is 10.1 Å². The fourth-order valence-electron chi connectivity index (χ4n) is 3.26. The number of nitrogens with zero attached hydrogens (tertiary/aromatic N) is 6. The summed E-state index contributed by atoms with van der Waals surface area (Å²) in [6, 6.07) is 9.44. The Balaban J connectivity index is 2.17. The van der Waals surface area contributed by atoms with Gasteiger partial charge in [0, 0.05) is 25.7 Å². The number of carbonyl (C=O) groups excluding carboxylic acids is 1. The summed E-state index contributed by atoms with van der Waals surface area (Å²) < 4.78 is 33.7. The van der Waals surface area contributed by atoms with Crippen LogP contribution in [0.1, 0.15) is 31.5 Å². The Labute approximate surface area is 224 Å². The number of benzene rings is 2. The molecule has 0 bridgehead atoms. The molecule has 0 aliphatic carbocycles. The van der Waals surface area contributed by atoms with Crippen LogP contribution in [0.5, 0.6) is 0 Å². The number of carbonyl (C=O) groups is 1. The van der Waals surface area contributed by atoms with E-state index < -0.39 is 15.0 Å². The fourth-order valence-corrected chi connectivity index (χ4v) is 4.59. The van der Waals surface area contributed by atoms with Gasteiger partial charge in [-0.05, 0) is 44.2 Å². The number of nitrogens with one attached hydrogen (secondary N) is 1. The van der Waals surface area contributed by atoms with Crippen LogP contribution in [0.4, 0.5) is 22.9 Å². The monoisotopic (exact) mass is 563 g/mol. The largest absolute Gasteiger partial charge is 0.375 e. The van der Waals surface area contributed by atoms with E-state index in [1.54, 1.807) is 26.0 Å². The molecule has 0 radical (unpaired) electrons. The van der Waals surface area contributed by atoms with Gasteiger partial charge in [0.05, 0.1) is 27.1 Å². The molecule has 0 spiro atoms. The predicted molar refractivity (Wildman–Crippen MR) is 141 cm³/mol. The first-order chi connectivity index (χ1) is 17.4. The van der Waals surface area contributed by atoms with Crippen molar-refractivity contribution in [2.24, 2.45) is 10.2 Å². The third kappa shape index (κ3) is 6.08. The van der Waals surface area contributed by atoms with Crippen LogP contribution in [-0.4, -0.2) is 42.3 Å². The summed E-state index contributed by atoms with van der Waals surface area (Å²) >= 11 is 12.4. The minimum atomic E-state index is -4.63. The average molecular weight is 564 g/mol. The van der Waals surface area contributed by atoms with Gasteiger partial charge < -0.3 is 10.2 Å². The van der Waals surface area contributed by atoms with Crippen molar-refractivity contribution < 1.29 is 17.8 Å². The van der Waals surface area contributed by atoms with E-state index in [-0.39, 0.29) is 39.4 Å². The molecule has 3 rings (SSSR count). The summed E-state index contributed by atoms with van der Waals surface area (Å²) in [5.74, 6) is -0.216. The van der Waals surface area contributed by atoms with E-state index in [1.807, 2.05) is 31.0 Å². The maximum Gasteiger partial charge on any atom is 0.296 e. The first kappa shape index (κ1) is 28.1. The number of amides is 1. The number of hydrogen-bond donors (Lipinski definition) is 2. The summed E-state index contributed by atoms with van der Waals surface area (Å²) in [6.45, 7) is 6.04. The molecule has 0 aliphatic heterocycles. The average Bonchev–Trinajstić information content (AvgIpc) is 3.17. The Morgan fingerprint density at radius 1 is 1.22 bits per heavy atom. The quantitative estimate of drug-likeness (QED) is 0.258. The van der Waals surface area contributed by atoms with Crippen LogP contribution < -0.4 is 10.2 Å². The van der Waals surface area contributed by atoms with E-state index in [1.165, 1.54) is 10.7 Å². The minimum absolute atomic E-state index is 0.0000862. The van der Waals surface area contributed by atoms with Crippen LogP contribution in [0.2, 0.25) is 10.0 Å². The molecular formula is C23H23Cl2N7O4S. The Bertz CT molecular complexity index is 1550. The van der Waals surface area contributed by atoms with Gasteiger partial charge in [0.2, 0.25) is 5.91 Å². The van der Waals surface area contributed by atoms with Gasteiger partial charge in [-0.1, -0.05) is 30.1 Å². The second-order valence-electron chi connectivity index (χ2n) is 7.83. The summed E-state index contributed by atoms with van der Waals surface area (Å²) in [4.78, 5) is 13.5. The van der Waals surface area contributed by atoms with Crippen molar-refractivity contribution in [3.8, 4) is 11.8 Å². The molecule has 0 atom stereocenters. The van der Waals surface area contributed by atoms with Crippen molar-refractivity contribution in [2.75, 3.05) is 23.8 Å². The zero-order valence-electron chi connectivity index (χ0n) is 20.3. The van der Waals surface area contributed by atoms with Crippen LogP contribution in [-0.2, 0) is 14.9 Å². The molecule has 0 fully saturated rings. The molecule has 2 aromatic carbocycles. The van der Waals surface area contributed by atoms with E-state index in [0.29, 0.717) is 17.1 Å². The maximum absolute atomic E-state index is 12.1. The first-order valence-corrected chi connectivity index (χ1v) is 13.1. The highest BCUT2D eigenvalue weighted by molar-refractivity contribution is 7.86. The number of nitriles is 1. The van der Waals surface area contributed by atoms with Crippen LogP contribution in [0, 0.1) is 18.3 Å². The molecule has 0 saturated heterocycles. The Morgan fingerprint density at radius 2 is 1.92 bits per heavy atom. The van der Waals surface area contributed by atoms with Gasteiger partial charge in [0.1, 0.15) is 22.2 Å². The zero-order valence-corrected chi connectivity index (χ0v) is 22.6. The molecule has 14 heteroatoms. The highest BCUT2D eigenvalue weighted by Gasteiger charge is 2.23. The molecule has 0 saturated carbocycles. The lowest BCUT2D eigenvalue weighted by atomic mass is 10.2. The Kier molecular flexibility index (Phi) is 8.55. The van der Waals surface area contributed by atoms with Crippen molar-refractivity contribution in [3.63, 3.8) is 0 Å². The van der Waals surface area contributed by atoms with Crippen molar-refractivity contribution in [1.29, 1.82) is 5.26 Å². The van der Waals surface area contributed by atoms with Crippen LogP contribution >= 0.6 is 23.2 Å². The van der Waals surface area contributed by atoms with Crippen molar-refractivity contribution in [3.05, 3.63) is 51.6 Å². The molecule has 1 amide bonds. The Morgan fingerprint density at radius 3 is 2.51 bits per heavy atom. The van der Waals surface area contributed by atoms with E-state index >= 15 is 0 Å². The molecule has 1 heterocycles. The van der Waals surface area contributed by atoms with E-state index in [0.717, 1.165) is 18.3 Å². The minimum Gasteiger partial charge on any atom is -0.375 e. The topological polar surface area (TPSA) is 153 Å². The number of hydrogen-bond acceptors (Lipinski definition) is 8. The van der Waals surface area contributed by atoms with Crippen molar-refractivity contribution in [2.45, 2.75) is 32.1 Å². The Hall–Kier alpha value is -3.50. The molecule has 2 N–H and O–H groups in total. The van der Waals surface area contributed by atoms with Crippen LogP contribution in [0.3, 0.4) is 0 Å². The number of azo groups is 1. The zero-order chi connectivity index (χ0) is 27.5. The predicted octanol–water partition coefficient (Wildman–Crippen LogP) is 5.83. The standard InChI is InChI=1S/C23H23Cl2N7O4S/c1-5-22(33)27-19-9-14(31(4)6-2)7-8-18(19)28-29-23-15(12-26)13(3)30-32(23)20-10-17(25)21(11-16(20)24)37(34,35)36/h7-11H,5-6H2,1-4H3,(H,27,33)(H,34,35,36). The molecule has 37 heavy (non-hydrogen) atoms. The van der Waals surface area contributed by atoms with Gasteiger partial charge in [-0.2, -0.15) is 18.8 Å². The maximum atomic E-state index is 12.1. The molecular weight excluding hydrogens is 541 g/mol. The lowest BCUT2D eigenvalue weighted by Gasteiger charge is -2.18. The number of anilines is 2. The number of aromatic nitrogens is 2. The SMILES string of the molecule is CCC(=O)Nc1cc(N(C)CC)ccc1N=Nc1c(C#N)c(C)nn1-c1cc(Cl)c(S(=O)(=O)O)cc1Cl. The highest BCUT2D eigenvalue weighted by Crippen LogP contribution is 2.36. The number of halogens is 2. The lowest BCUT2D eigenvalue weighted by molar-refractivity contribution is -0.115. The van der Waals surface area contributed by atoms with Gasteiger partial charge in [-0.3, -0.25) is 9.35 Å². The molecule has 194 valence electrons. The third-order valence-electron chi connectivity index (χ3n) is 5.40. The molecule has 0 aliphatic rings. The van der Waals surface area contributed by atoms with E-state index in [2.05, 4.69) is 20.6 Å². The second-order valence-corrected chi connectivity index (χ2v) is 10.0. The first-order valence-electron chi connectivity index (χ1n) is 10.9. The fraction of sp³-hybridized carbons (Fsp3) is 0.261. The summed E-state index contributed by atoms with van der Waals surface area (Å²) in [5.41, 5.74) is 2.12. The molecule has 1 aromatic heterocycles. The second kappa shape index (κ2) is 11.3. The molecule has 11 nitrogen and oxygen atoms in total. The van der Waals surface area contributed by atoms with Crippen molar-refractivity contribution >= 4 is 62.1 Å². The lowest BCUT2D eigenvalue weighted by Crippen LogP contribution is -2.16. The number of rotatable bonds is 8. The number of aryl methyl sites for hydroxylation is 1.